The van der Waals surface area contributed by atoms with E-state index in [0.29, 0.717) is 18.8 Å². The van der Waals surface area contributed by atoms with Crippen LogP contribution in [-0.4, -0.2) is 25.7 Å². The first kappa shape index (κ1) is 11.6. The summed E-state index contributed by atoms with van der Waals surface area (Å²) >= 11 is 5.87. The molecule has 1 heterocycles. The molecule has 1 atom stereocenters. The summed E-state index contributed by atoms with van der Waals surface area (Å²) in [5, 5.41) is 3.38. The van der Waals surface area contributed by atoms with E-state index in [9.17, 15) is 8.78 Å². The molecular formula is C11H13ClF2N2. The molecule has 1 aromatic carbocycles. The Morgan fingerprint density at radius 3 is 2.81 bits per heavy atom. The monoisotopic (exact) mass is 246 g/mol. The Labute approximate surface area is 98.2 Å². The second-order valence-corrected chi connectivity index (χ2v) is 4.43. The summed E-state index contributed by atoms with van der Waals surface area (Å²) < 4.78 is 26.5. The van der Waals surface area contributed by atoms with Gasteiger partial charge in [0, 0.05) is 31.7 Å². The average molecular weight is 247 g/mol. The summed E-state index contributed by atoms with van der Waals surface area (Å²) in [4.78, 5) is 1.85. The van der Waals surface area contributed by atoms with Gasteiger partial charge in [0.2, 0.25) is 0 Å². The molecule has 1 N–H and O–H groups in total. The highest BCUT2D eigenvalue weighted by Gasteiger charge is 2.21. The van der Waals surface area contributed by atoms with Crippen LogP contribution in [-0.2, 0) is 0 Å². The first-order valence-electron chi connectivity index (χ1n) is 5.21. The van der Waals surface area contributed by atoms with Gasteiger partial charge in [-0.05, 0) is 13.0 Å². The zero-order valence-electron chi connectivity index (χ0n) is 8.93. The number of hydrogen-bond donors (Lipinski definition) is 1. The SMILES string of the molecule is CC1CN(c2c(F)cc(F)cc2Cl)CCN1. The fraction of sp³-hybridized carbons (Fsp3) is 0.455. The minimum Gasteiger partial charge on any atom is -0.365 e. The molecule has 0 bridgehead atoms. The Morgan fingerprint density at radius 2 is 2.19 bits per heavy atom. The first-order valence-corrected chi connectivity index (χ1v) is 5.58. The molecule has 1 fully saturated rings. The number of benzene rings is 1. The molecular weight excluding hydrogens is 234 g/mol. The van der Waals surface area contributed by atoms with Crippen LogP contribution in [0.5, 0.6) is 0 Å². The molecule has 2 rings (SSSR count). The van der Waals surface area contributed by atoms with Gasteiger partial charge in [-0.15, -0.1) is 0 Å². The van der Waals surface area contributed by atoms with Crippen LogP contribution in [0.3, 0.4) is 0 Å². The van der Waals surface area contributed by atoms with Crippen molar-refractivity contribution in [1.29, 1.82) is 0 Å². The topological polar surface area (TPSA) is 15.3 Å². The molecule has 0 amide bonds. The van der Waals surface area contributed by atoms with Gasteiger partial charge < -0.3 is 10.2 Å². The van der Waals surface area contributed by atoms with Crippen LogP contribution in [0.2, 0.25) is 5.02 Å². The van der Waals surface area contributed by atoms with Crippen LogP contribution < -0.4 is 10.2 Å². The van der Waals surface area contributed by atoms with E-state index in [4.69, 9.17) is 11.6 Å². The van der Waals surface area contributed by atoms with Crippen molar-refractivity contribution in [2.24, 2.45) is 0 Å². The Kier molecular flexibility index (Phi) is 3.30. The maximum Gasteiger partial charge on any atom is 0.150 e. The van der Waals surface area contributed by atoms with Gasteiger partial charge in [-0.1, -0.05) is 11.6 Å². The van der Waals surface area contributed by atoms with Gasteiger partial charge in [0.1, 0.15) is 5.82 Å². The summed E-state index contributed by atoms with van der Waals surface area (Å²) in [5.74, 6) is -1.24. The number of halogens is 3. The number of anilines is 1. The molecule has 16 heavy (non-hydrogen) atoms. The molecule has 1 aromatic rings. The lowest BCUT2D eigenvalue weighted by Crippen LogP contribution is -2.49. The van der Waals surface area contributed by atoms with Gasteiger partial charge in [-0.25, -0.2) is 8.78 Å². The minimum absolute atomic E-state index is 0.131. The van der Waals surface area contributed by atoms with E-state index < -0.39 is 11.6 Å². The van der Waals surface area contributed by atoms with Crippen LogP contribution in [0.15, 0.2) is 12.1 Å². The lowest BCUT2D eigenvalue weighted by molar-refractivity contribution is 0.477. The van der Waals surface area contributed by atoms with E-state index >= 15 is 0 Å². The number of hydrogen-bond acceptors (Lipinski definition) is 2. The van der Waals surface area contributed by atoms with Crippen molar-refractivity contribution in [2.45, 2.75) is 13.0 Å². The second-order valence-electron chi connectivity index (χ2n) is 4.02. The van der Waals surface area contributed by atoms with Gasteiger partial charge in [0.15, 0.2) is 5.82 Å². The fourth-order valence-corrected chi connectivity index (χ4v) is 2.29. The highest BCUT2D eigenvalue weighted by molar-refractivity contribution is 6.33. The molecule has 0 aromatic heterocycles. The van der Waals surface area contributed by atoms with Crippen LogP contribution >= 0.6 is 11.6 Å². The molecule has 1 saturated heterocycles. The predicted molar refractivity (Wildman–Crippen MR) is 61.0 cm³/mol. The molecule has 1 aliphatic rings. The Bertz CT molecular complexity index is 375. The number of piperazine rings is 1. The van der Waals surface area contributed by atoms with Gasteiger partial charge in [-0.2, -0.15) is 0 Å². The fourth-order valence-electron chi connectivity index (χ4n) is 1.97. The minimum atomic E-state index is -0.644. The summed E-state index contributed by atoms with van der Waals surface area (Å²) in [6, 6.07) is 2.29. The van der Waals surface area contributed by atoms with E-state index in [-0.39, 0.29) is 11.1 Å². The highest BCUT2D eigenvalue weighted by atomic mass is 35.5. The maximum absolute atomic E-state index is 13.6. The highest BCUT2D eigenvalue weighted by Crippen LogP contribution is 2.30. The largest absolute Gasteiger partial charge is 0.365 e. The standard InChI is InChI=1S/C11H13ClF2N2/c1-7-6-16(3-2-15-7)11-9(12)4-8(13)5-10(11)14/h4-5,7,15H,2-3,6H2,1H3. The Balaban J connectivity index is 2.32. The Morgan fingerprint density at radius 1 is 1.44 bits per heavy atom. The normalized spacial score (nSPS) is 21.2. The van der Waals surface area contributed by atoms with Gasteiger partial charge >= 0.3 is 0 Å². The van der Waals surface area contributed by atoms with Crippen molar-refractivity contribution in [3.05, 3.63) is 28.8 Å². The van der Waals surface area contributed by atoms with Crippen LogP contribution in [0.25, 0.3) is 0 Å². The molecule has 1 unspecified atom stereocenters. The van der Waals surface area contributed by atoms with E-state index in [2.05, 4.69) is 5.32 Å². The summed E-state index contributed by atoms with van der Waals surface area (Å²) in [5.41, 5.74) is 0.302. The molecule has 88 valence electrons. The number of rotatable bonds is 1. The number of nitrogens with zero attached hydrogens (tertiary/aromatic N) is 1. The third-order valence-electron chi connectivity index (χ3n) is 2.67. The van der Waals surface area contributed by atoms with E-state index in [1.165, 1.54) is 0 Å². The van der Waals surface area contributed by atoms with Crippen molar-refractivity contribution in [3.8, 4) is 0 Å². The van der Waals surface area contributed by atoms with E-state index in [1.54, 1.807) is 0 Å². The lowest BCUT2D eigenvalue weighted by atomic mass is 10.2. The maximum atomic E-state index is 13.6. The van der Waals surface area contributed by atoms with Crippen molar-refractivity contribution in [1.82, 2.24) is 5.32 Å². The molecule has 2 nitrogen and oxygen atoms in total. The van der Waals surface area contributed by atoms with Gasteiger partial charge in [0.05, 0.1) is 10.7 Å². The summed E-state index contributed by atoms with van der Waals surface area (Å²) in [6.45, 7) is 4.13. The molecule has 5 heteroatoms. The molecule has 1 aliphatic heterocycles. The smallest absolute Gasteiger partial charge is 0.150 e. The molecule has 0 radical (unpaired) electrons. The molecule has 0 saturated carbocycles. The predicted octanol–water partition coefficient (Wildman–Crippen LogP) is 2.42. The van der Waals surface area contributed by atoms with E-state index in [1.807, 2.05) is 11.8 Å². The van der Waals surface area contributed by atoms with Crippen molar-refractivity contribution in [3.63, 3.8) is 0 Å². The van der Waals surface area contributed by atoms with Crippen LogP contribution in [0.1, 0.15) is 6.92 Å². The summed E-state index contributed by atoms with van der Waals surface area (Å²) in [7, 11) is 0. The zero-order chi connectivity index (χ0) is 11.7. The lowest BCUT2D eigenvalue weighted by Gasteiger charge is -2.34. The van der Waals surface area contributed by atoms with Crippen molar-refractivity contribution >= 4 is 17.3 Å². The second kappa shape index (κ2) is 4.55. The zero-order valence-corrected chi connectivity index (χ0v) is 9.69. The first-order chi connectivity index (χ1) is 7.58. The van der Waals surface area contributed by atoms with Crippen molar-refractivity contribution in [2.75, 3.05) is 24.5 Å². The molecule has 0 aliphatic carbocycles. The number of nitrogens with one attached hydrogen (secondary N) is 1. The third kappa shape index (κ3) is 2.28. The van der Waals surface area contributed by atoms with Crippen LogP contribution in [0.4, 0.5) is 14.5 Å². The average Bonchev–Trinajstić information content (AvgIpc) is 2.15. The van der Waals surface area contributed by atoms with Gasteiger partial charge in [0.25, 0.3) is 0 Å². The van der Waals surface area contributed by atoms with Crippen LogP contribution in [0, 0.1) is 11.6 Å². The molecule has 0 spiro atoms. The van der Waals surface area contributed by atoms with Crippen molar-refractivity contribution < 1.29 is 8.78 Å². The Hall–Kier alpha value is -0.870. The van der Waals surface area contributed by atoms with E-state index in [0.717, 1.165) is 18.7 Å². The quantitative estimate of drug-likeness (QED) is 0.819. The third-order valence-corrected chi connectivity index (χ3v) is 2.95. The van der Waals surface area contributed by atoms with Gasteiger partial charge in [-0.3, -0.25) is 0 Å². The summed E-state index contributed by atoms with van der Waals surface area (Å²) in [6.07, 6.45) is 0.